The maximum atomic E-state index is 13.1. The molecule has 2 heterocycles. The molecule has 0 fully saturated rings. The Hall–Kier alpha value is -3.43. The van der Waals surface area contributed by atoms with Gasteiger partial charge in [0, 0.05) is 18.6 Å². The van der Waals surface area contributed by atoms with Gasteiger partial charge in [0.15, 0.2) is 5.65 Å². The van der Waals surface area contributed by atoms with Crippen molar-refractivity contribution in [2.45, 2.75) is 19.0 Å². The molecule has 0 saturated carbocycles. The van der Waals surface area contributed by atoms with Crippen LogP contribution in [0.5, 0.6) is 5.75 Å². The lowest BCUT2D eigenvalue weighted by molar-refractivity contribution is 0.105. The molecular weight excluding hydrogens is 428 g/mol. The Labute approximate surface area is 186 Å². The summed E-state index contributed by atoms with van der Waals surface area (Å²) in [6.45, 7) is 0.597. The van der Waals surface area contributed by atoms with Gasteiger partial charge >= 0.3 is 0 Å². The molecule has 4 rings (SSSR count). The summed E-state index contributed by atoms with van der Waals surface area (Å²) in [7, 11) is -0.351. The molecule has 9 heteroatoms. The van der Waals surface area contributed by atoms with E-state index in [9.17, 15) is 8.42 Å². The van der Waals surface area contributed by atoms with Crippen molar-refractivity contribution in [2.24, 2.45) is 0 Å². The fraction of sp³-hybridized carbons (Fsp3) is 0.217. The molecule has 0 bridgehead atoms. The van der Waals surface area contributed by atoms with Gasteiger partial charge in [-0.3, -0.25) is 0 Å². The van der Waals surface area contributed by atoms with E-state index in [2.05, 4.69) is 15.3 Å². The lowest BCUT2D eigenvalue weighted by Crippen LogP contribution is -2.15. The number of ether oxygens (including phenoxy) is 2. The highest BCUT2D eigenvalue weighted by Crippen LogP contribution is 2.23. The third kappa shape index (κ3) is 4.74. The summed E-state index contributed by atoms with van der Waals surface area (Å²) in [5, 5.41) is 3.53. The van der Waals surface area contributed by atoms with Crippen LogP contribution in [0.15, 0.2) is 66.9 Å². The van der Waals surface area contributed by atoms with E-state index in [1.807, 2.05) is 42.5 Å². The summed E-state index contributed by atoms with van der Waals surface area (Å²) in [5.74, 6) is 0.984. The predicted molar refractivity (Wildman–Crippen MR) is 123 cm³/mol. The van der Waals surface area contributed by atoms with Crippen LogP contribution in [0.4, 0.5) is 5.95 Å². The molecule has 0 saturated heterocycles. The molecule has 1 N–H and O–H groups in total. The largest absolute Gasteiger partial charge is 0.497 e. The van der Waals surface area contributed by atoms with Crippen LogP contribution in [0.25, 0.3) is 11.0 Å². The molecule has 0 unspecified atom stereocenters. The molecule has 0 aliphatic heterocycles. The van der Waals surface area contributed by atoms with Gasteiger partial charge < -0.3 is 14.8 Å². The average Bonchev–Trinajstić information content (AvgIpc) is 3.25. The number of nitrogens with one attached hydrogen (secondary N) is 1. The standard InChI is InChI=1S/C23H24N4O4S/c1-24-23-25-21(15-31-14-17-8-10-19(30-2)11-9-17)20-12-13-27(22(20)26-23)32(28,29)16-18-6-4-3-5-7-18/h3-13H,14-16H2,1-2H3,(H,24,25,26). The first-order valence-corrected chi connectivity index (χ1v) is 11.6. The molecule has 0 aliphatic rings. The van der Waals surface area contributed by atoms with Gasteiger partial charge in [-0.1, -0.05) is 42.5 Å². The van der Waals surface area contributed by atoms with Crippen LogP contribution >= 0.6 is 0 Å². The number of nitrogens with zero attached hydrogens (tertiary/aromatic N) is 3. The van der Waals surface area contributed by atoms with Crippen LogP contribution in [0, 0.1) is 0 Å². The summed E-state index contributed by atoms with van der Waals surface area (Å²) < 4.78 is 38.4. The minimum absolute atomic E-state index is 0.125. The smallest absolute Gasteiger partial charge is 0.244 e. The van der Waals surface area contributed by atoms with Crippen molar-refractivity contribution in [3.63, 3.8) is 0 Å². The van der Waals surface area contributed by atoms with Gasteiger partial charge in [-0.25, -0.2) is 17.4 Å². The van der Waals surface area contributed by atoms with E-state index < -0.39 is 10.0 Å². The molecule has 0 aliphatic carbocycles. The monoisotopic (exact) mass is 452 g/mol. The molecule has 0 radical (unpaired) electrons. The zero-order valence-electron chi connectivity index (χ0n) is 17.9. The number of hydrogen-bond donors (Lipinski definition) is 1. The Kier molecular flexibility index (Phi) is 6.38. The molecular formula is C23H24N4O4S. The molecule has 0 spiro atoms. The second kappa shape index (κ2) is 9.37. The quantitative estimate of drug-likeness (QED) is 0.415. The molecule has 2 aromatic heterocycles. The van der Waals surface area contributed by atoms with Gasteiger partial charge in [-0.15, -0.1) is 0 Å². The highest BCUT2D eigenvalue weighted by Gasteiger charge is 2.20. The van der Waals surface area contributed by atoms with E-state index in [1.54, 1.807) is 32.4 Å². The molecule has 8 nitrogen and oxygen atoms in total. The third-order valence-corrected chi connectivity index (χ3v) is 6.56. The first kappa shape index (κ1) is 21.8. The van der Waals surface area contributed by atoms with Crippen LogP contribution < -0.4 is 10.1 Å². The average molecular weight is 453 g/mol. The molecule has 0 atom stereocenters. The number of benzene rings is 2. The topological polar surface area (TPSA) is 95.3 Å². The van der Waals surface area contributed by atoms with Gasteiger partial charge in [0.2, 0.25) is 16.0 Å². The first-order valence-electron chi connectivity index (χ1n) is 10.0. The zero-order valence-corrected chi connectivity index (χ0v) is 18.7. The SMILES string of the molecule is CNc1nc(COCc2ccc(OC)cc2)c2ccn(S(=O)(=O)Cc3ccccc3)c2n1. The van der Waals surface area contributed by atoms with E-state index >= 15 is 0 Å². The Morgan fingerprint density at radius 3 is 2.38 bits per heavy atom. The normalized spacial score (nSPS) is 11.6. The van der Waals surface area contributed by atoms with E-state index in [4.69, 9.17) is 9.47 Å². The third-order valence-electron chi connectivity index (χ3n) is 4.97. The molecule has 4 aromatic rings. The van der Waals surface area contributed by atoms with Crippen LogP contribution in [0.1, 0.15) is 16.8 Å². The number of fused-ring (bicyclic) bond motifs is 1. The van der Waals surface area contributed by atoms with Gasteiger partial charge in [-0.05, 0) is 29.3 Å². The molecule has 0 amide bonds. The summed E-state index contributed by atoms with van der Waals surface area (Å²) in [6.07, 6.45) is 1.52. The minimum atomic E-state index is -3.66. The van der Waals surface area contributed by atoms with E-state index in [0.29, 0.717) is 34.8 Å². The second-order valence-electron chi connectivity index (χ2n) is 7.18. The lowest BCUT2D eigenvalue weighted by Gasteiger charge is -2.10. The highest BCUT2D eigenvalue weighted by atomic mass is 32.2. The van der Waals surface area contributed by atoms with Crippen molar-refractivity contribution in [1.29, 1.82) is 0 Å². The number of aromatic nitrogens is 3. The molecule has 166 valence electrons. The summed E-state index contributed by atoms with van der Waals surface area (Å²) in [4.78, 5) is 8.88. The van der Waals surface area contributed by atoms with E-state index in [0.717, 1.165) is 11.3 Å². The predicted octanol–water partition coefficient (Wildman–Crippen LogP) is 3.58. The van der Waals surface area contributed by atoms with Crippen molar-refractivity contribution in [3.8, 4) is 5.75 Å². The van der Waals surface area contributed by atoms with Crippen molar-refractivity contribution >= 4 is 27.0 Å². The zero-order chi connectivity index (χ0) is 22.6. The fourth-order valence-electron chi connectivity index (χ4n) is 3.34. The van der Waals surface area contributed by atoms with E-state index in [1.165, 1.54) is 10.2 Å². The van der Waals surface area contributed by atoms with Crippen LogP contribution in [0.2, 0.25) is 0 Å². The Bertz CT molecular complexity index is 1300. The van der Waals surface area contributed by atoms with E-state index in [-0.39, 0.29) is 12.4 Å². The number of rotatable bonds is 9. The fourth-order valence-corrected chi connectivity index (χ4v) is 4.74. The maximum Gasteiger partial charge on any atom is 0.244 e. The van der Waals surface area contributed by atoms with Crippen molar-refractivity contribution in [2.75, 3.05) is 19.5 Å². The summed E-state index contributed by atoms with van der Waals surface area (Å²) in [5.41, 5.74) is 2.64. The van der Waals surface area contributed by atoms with Gasteiger partial charge in [0.05, 0.1) is 31.8 Å². The molecule has 2 aromatic carbocycles. The second-order valence-corrected chi connectivity index (χ2v) is 9.02. The lowest BCUT2D eigenvalue weighted by atomic mass is 10.2. The minimum Gasteiger partial charge on any atom is -0.497 e. The Morgan fingerprint density at radius 1 is 0.938 bits per heavy atom. The van der Waals surface area contributed by atoms with Gasteiger partial charge in [0.1, 0.15) is 5.75 Å². The Balaban J connectivity index is 1.59. The Morgan fingerprint density at radius 2 is 1.69 bits per heavy atom. The van der Waals surface area contributed by atoms with Gasteiger partial charge in [-0.2, -0.15) is 4.98 Å². The number of hydrogen-bond acceptors (Lipinski definition) is 7. The van der Waals surface area contributed by atoms with Crippen LogP contribution in [0.3, 0.4) is 0 Å². The van der Waals surface area contributed by atoms with Gasteiger partial charge in [0.25, 0.3) is 0 Å². The van der Waals surface area contributed by atoms with Crippen molar-refractivity contribution in [1.82, 2.24) is 13.9 Å². The first-order chi connectivity index (χ1) is 15.5. The van der Waals surface area contributed by atoms with Crippen molar-refractivity contribution < 1.29 is 17.9 Å². The summed E-state index contributed by atoms with van der Waals surface area (Å²) >= 11 is 0. The highest BCUT2D eigenvalue weighted by molar-refractivity contribution is 7.89. The van der Waals surface area contributed by atoms with Crippen LogP contribution in [-0.4, -0.2) is 36.5 Å². The number of methoxy groups -OCH3 is 1. The molecule has 32 heavy (non-hydrogen) atoms. The number of anilines is 1. The van der Waals surface area contributed by atoms with Crippen LogP contribution in [-0.2, 0) is 33.7 Å². The van der Waals surface area contributed by atoms with Crippen molar-refractivity contribution in [3.05, 3.63) is 83.7 Å². The maximum absolute atomic E-state index is 13.1. The summed E-state index contributed by atoms with van der Waals surface area (Å²) in [6, 6.07) is 18.4.